The number of halogens is 1. The van der Waals surface area contributed by atoms with Crippen molar-refractivity contribution in [2.75, 3.05) is 48.9 Å². The molecule has 3 aliphatic rings. The van der Waals surface area contributed by atoms with E-state index in [9.17, 15) is 9.18 Å². The maximum atomic E-state index is 14.4. The zero-order valence-corrected chi connectivity index (χ0v) is 19.2. The van der Waals surface area contributed by atoms with E-state index >= 15 is 0 Å². The average molecular weight is 484 g/mol. The summed E-state index contributed by atoms with van der Waals surface area (Å²) < 4.78 is 27.2. The molecule has 2 unspecified atom stereocenters. The van der Waals surface area contributed by atoms with Gasteiger partial charge in [-0.3, -0.25) is 0 Å². The van der Waals surface area contributed by atoms with Crippen LogP contribution in [0.3, 0.4) is 0 Å². The van der Waals surface area contributed by atoms with Crippen molar-refractivity contribution in [2.24, 2.45) is 0 Å². The van der Waals surface area contributed by atoms with E-state index < -0.39 is 24.3 Å². The van der Waals surface area contributed by atoms with Gasteiger partial charge in [0.15, 0.2) is 17.0 Å². The van der Waals surface area contributed by atoms with Crippen LogP contribution in [0.5, 0.6) is 0 Å². The second-order valence-electron chi connectivity index (χ2n) is 8.84. The molecular formula is C22H26FN9O3. The predicted octanol–water partition coefficient (Wildman–Crippen LogP) is 1.80. The number of rotatable bonds is 2. The average Bonchev–Trinajstić information content (AvgIpc) is 3.45. The van der Waals surface area contributed by atoms with Crippen LogP contribution in [0.4, 0.5) is 32.5 Å². The summed E-state index contributed by atoms with van der Waals surface area (Å²) in [7, 11) is 1.73. The van der Waals surface area contributed by atoms with E-state index in [1.54, 1.807) is 7.05 Å². The molecule has 184 valence electrons. The number of pyridine rings is 1. The van der Waals surface area contributed by atoms with E-state index in [-0.39, 0.29) is 19.4 Å². The van der Waals surface area contributed by atoms with Crippen molar-refractivity contribution in [1.29, 1.82) is 0 Å². The van der Waals surface area contributed by atoms with Gasteiger partial charge in [0.2, 0.25) is 5.95 Å². The third kappa shape index (κ3) is 4.21. The number of nitrogens with zero attached hydrogens (tertiary/aromatic N) is 6. The molecule has 0 radical (unpaired) electrons. The summed E-state index contributed by atoms with van der Waals surface area (Å²) in [4.78, 5) is 33.5. The van der Waals surface area contributed by atoms with Gasteiger partial charge in [-0.05, 0) is 6.07 Å². The zero-order valence-electron chi connectivity index (χ0n) is 19.2. The predicted molar refractivity (Wildman–Crippen MR) is 126 cm³/mol. The summed E-state index contributed by atoms with van der Waals surface area (Å²) in [5, 5.41) is 9.16. The number of hydrogen-bond donors (Lipinski definition) is 3. The number of carbonyl (C=O) groups excluding carboxylic acids is 1. The van der Waals surface area contributed by atoms with Crippen LogP contribution >= 0.6 is 0 Å². The molecule has 12 nitrogen and oxygen atoms in total. The van der Waals surface area contributed by atoms with Gasteiger partial charge < -0.3 is 30.3 Å². The smallest absolute Gasteiger partial charge is 0.328 e. The first kappa shape index (κ1) is 21.9. The molecule has 5 heterocycles. The number of carbonyl (C=O) groups is 1. The van der Waals surface area contributed by atoms with E-state index in [1.807, 2.05) is 12.1 Å². The van der Waals surface area contributed by atoms with Crippen molar-refractivity contribution < 1.29 is 18.7 Å². The Bertz CT molecular complexity index is 1260. The molecule has 13 heteroatoms. The minimum absolute atomic E-state index is 0.175. The Morgan fingerprint density at radius 1 is 1.17 bits per heavy atom. The van der Waals surface area contributed by atoms with Crippen LogP contribution in [0.25, 0.3) is 11.2 Å². The number of alkyl halides is 1. The Balaban J connectivity index is 1.46. The van der Waals surface area contributed by atoms with Gasteiger partial charge in [-0.25, -0.2) is 23.7 Å². The fourth-order valence-electron chi connectivity index (χ4n) is 4.78. The number of hydrogen-bond acceptors (Lipinski definition) is 10. The number of amides is 1. The van der Waals surface area contributed by atoms with Gasteiger partial charge in [0, 0.05) is 44.7 Å². The molecule has 4 bridgehead atoms. The van der Waals surface area contributed by atoms with Crippen LogP contribution in [-0.2, 0) is 16.1 Å². The summed E-state index contributed by atoms with van der Waals surface area (Å²) in [6.07, 6.45) is 0.244. The molecule has 2 aliphatic heterocycles. The Morgan fingerprint density at radius 2 is 2.03 bits per heavy atom. The molecule has 2 fully saturated rings. The fraction of sp³-hybridized carbons (Fsp3) is 0.500. The normalized spacial score (nSPS) is 24.6. The first-order valence-corrected chi connectivity index (χ1v) is 11.7. The lowest BCUT2D eigenvalue weighted by molar-refractivity contribution is 0.0257. The van der Waals surface area contributed by atoms with Gasteiger partial charge in [-0.15, -0.1) is 0 Å². The highest BCUT2D eigenvalue weighted by molar-refractivity contribution is 5.92. The van der Waals surface area contributed by atoms with Crippen LogP contribution in [0.15, 0.2) is 18.5 Å². The maximum absolute atomic E-state index is 14.4. The van der Waals surface area contributed by atoms with Crippen molar-refractivity contribution in [2.45, 2.75) is 37.8 Å². The molecule has 3 atom stereocenters. The van der Waals surface area contributed by atoms with Gasteiger partial charge in [-0.2, -0.15) is 9.97 Å². The van der Waals surface area contributed by atoms with Gasteiger partial charge in [0.25, 0.3) is 0 Å². The molecule has 3 N–H and O–H groups in total. The molecule has 3 aromatic rings. The highest BCUT2D eigenvalue weighted by atomic mass is 19.1. The molecule has 3 aromatic heterocycles. The lowest BCUT2D eigenvalue weighted by Crippen LogP contribution is -2.43. The Labute approximate surface area is 200 Å². The summed E-state index contributed by atoms with van der Waals surface area (Å²) >= 11 is 0. The quantitative estimate of drug-likeness (QED) is 0.496. The Morgan fingerprint density at radius 3 is 2.86 bits per heavy atom. The third-order valence-corrected chi connectivity index (χ3v) is 6.51. The highest BCUT2D eigenvalue weighted by Gasteiger charge is 2.37. The zero-order chi connectivity index (χ0) is 23.9. The van der Waals surface area contributed by atoms with Gasteiger partial charge in [-0.1, -0.05) is 0 Å². The van der Waals surface area contributed by atoms with Crippen LogP contribution in [-0.4, -0.2) is 82.2 Å². The fourth-order valence-corrected chi connectivity index (χ4v) is 4.78. The van der Waals surface area contributed by atoms with Crippen LogP contribution < -0.4 is 20.9 Å². The van der Waals surface area contributed by atoms with Gasteiger partial charge >= 0.3 is 6.03 Å². The lowest BCUT2D eigenvalue weighted by atomic mass is 10.2. The van der Waals surface area contributed by atoms with Crippen molar-refractivity contribution >= 4 is 40.5 Å². The molecular weight excluding hydrogens is 457 g/mol. The van der Waals surface area contributed by atoms with Gasteiger partial charge in [0.1, 0.15) is 18.3 Å². The minimum atomic E-state index is -1.06. The van der Waals surface area contributed by atoms with Crippen LogP contribution in [0.1, 0.15) is 18.5 Å². The molecule has 0 spiro atoms. The Kier molecular flexibility index (Phi) is 5.57. The third-order valence-electron chi connectivity index (χ3n) is 6.51. The molecule has 6 rings (SSSR count). The summed E-state index contributed by atoms with van der Waals surface area (Å²) in [5.74, 6) is 1.55. The lowest BCUT2D eigenvalue weighted by Gasteiger charge is -2.29. The number of nitrogens with one attached hydrogen (secondary N) is 3. The van der Waals surface area contributed by atoms with Gasteiger partial charge in [0.05, 0.1) is 37.7 Å². The number of morpholine rings is 1. The van der Waals surface area contributed by atoms with Crippen LogP contribution in [0, 0.1) is 0 Å². The van der Waals surface area contributed by atoms with E-state index in [1.165, 1.54) is 10.9 Å². The standard InChI is InChI=1S/C22H26FN9O3/c1-24-19-18-20-30-21(29-19)27-13-8-14(26-17(9-13)31-2-4-34-5-3-31)10-35-16-7-12(23)6-15(16)28-22(33)32(20)11-25-18/h8-9,11-12,15-16H,2-7,10H2,1H3,(H,28,33)(H2,24,27,29,30)/t12-,15?,16?/m1/s1. The first-order valence-electron chi connectivity index (χ1n) is 11.7. The van der Waals surface area contributed by atoms with E-state index in [2.05, 4.69) is 35.8 Å². The monoisotopic (exact) mass is 483 g/mol. The number of aromatic nitrogens is 5. The van der Waals surface area contributed by atoms with Crippen molar-refractivity contribution in [3.8, 4) is 0 Å². The number of anilines is 4. The summed E-state index contributed by atoms with van der Waals surface area (Å²) in [5.41, 5.74) is 2.19. The number of ether oxygens (including phenoxy) is 2. The SMILES string of the molecule is CNc1nc2nc3c1ncn3C(=O)NC1C[C@@H](F)CC1OCc1cc(cc(N3CCOCC3)n1)N2. The topological polar surface area (TPSA) is 131 Å². The molecule has 1 amide bonds. The van der Waals surface area contributed by atoms with E-state index in [0.717, 1.165) is 24.6 Å². The number of fused-ring (bicyclic) bond motifs is 4. The minimum Gasteiger partial charge on any atom is -0.378 e. The van der Waals surface area contributed by atoms with Crippen molar-refractivity contribution in [3.63, 3.8) is 0 Å². The molecule has 1 aliphatic carbocycles. The van der Waals surface area contributed by atoms with E-state index in [0.29, 0.717) is 41.8 Å². The first-order chi connectivity index (χ1) is 17.1. The van der Waals surface area contributed by atoms with Crippen molar-refractivity contribution in [1.82, 2.24) is 29.8 Å². The number of imidazole rings is 1. The highest BCUT2D eigenvalue weighted by Crippen LogP contribution is 2.29. The largest absolute Gasteiger partial charge is 0.378 e. The summed E-state index contributed by atoms with van der Waals surface area (Å²) in [6.45, 7) is 2.88. The summed E-state index contributed by atoms with van der Waals surface area (Å²) in [6, 6.07) is 2.86. The molecule has 0 aromatic carbocycles. The second-order valence-corrected chi connectivity index (χ2v) is 8.84. The van der Waals surface area contributed by atoms with E-state index in [4.69, 9.17) is 14.5 Å². The molecule has 1 saturated carbocycles. The van der Waals surface area contributed by atoms with Crippen molar-refractivity contribution in [3.05, 3.63) is 24.2 Å². The second kappa shape index (κ2) is 8.89. The van der Waals surface area contributed by atoms with Crippen LogP contribution in [0.2, 0.25) is 0 Å². The Hall–Kier alpha value is -3.58. The molecule has 35 heavy (non-hydrogen) atoms. The molecule has 1 saturated heterocycles. The maximum Gasteiger partial charge on any atom is 0.328 e.